The maximum absolute atomic E-state index is 13.3. The van der Waals surface area contributed by atoms with Crippen LogP contribution in [0.5, 0.6) is 17.2 Å². The third-order valence-corrected chi connectivity index (χ3v) is 10.7. The molecule has 1 amide bonds. The van der Waals surface area contributed by atoms with Crippen LogP contribution in [-0.4, -0.2) is 67.1 Å². The first-order chi connectivity index (χ1) is 29.3. The Bertz CT molecular complexity index is 2020. The highest BCUT2D eigenvalue weighted by Gasteiger charge is 2.25. The number of unbranched alkanes of at least 4 members (excludes halogenated alkanes) is 4. The van der Waals surface area contributed by atoms with Crippen LogP contribution < -0.4 is 29.4 Å². The summed E-state index contributed by atoms with van der Waals surface area (Å²) in [5.74, 6) is -0.320. The van der Waals surface area contributed by atoms with Crippen molar-refractivity contribution in [1.82, 2.24) is 5.32 Å². The van der Waals surface area contributed by atoms with Gasteiger partial charge in [-0.15, -0.1) is 0 Å². The lowest BCUT2D eigenvalue weighted by Gasteiger charge is -2.16. The second kappa shape index (κ2) is 24.7. The van der Waals surface area contributed by atoms with Crippen LogP contribution in [0.25, 0.3) is 0 Å². The van der Waals surface area contributed by atoms with Crippen LogP contribution in [0.4, 0.5) is 14.5 Å². The summed E-state index contributed by atoms with van der Waals surface area (Å²) in [7, 11) is -4.84. The molecule has 0 spiro atoms. The van der Waals surface area contributed by atoms with Gasteiger partial charge < -0.3 is 44.5 Å². The number of aliphatic hydroxyl groups excluding tert-OH is 1. The number of nitrogens with zero attached hydrogens (tertiary/aromatic N) is 1. The highest BCUT2D eigenvalue weighted by atomic mass is 35.5. The number of alkyl halides is 2. The molecule has 5 N–H and O–H groups in total. The standard InChI is InChI=1S/C43H52Cl2F2N3O10P/c44-35-26-50(27-36(45)41(35)49-42(52)33-17-18-38(60-43(46)47)40(23-33)57-28-31-13-14-31)25-34-16-15-32(22-39(34)58-29-59-61(53,54)55)37(51)24-48-19-7-1-2-8-20-56-21-9-6-12-30-10-4-3-5-11-30/h3-5,10-11,15-18,22-23,26-27,31,37,43,48,51H,1-2,6-9,12-14,19-21,24-25,28-29H2,(H2,53,54,55)/p+1. The fourth-order valence-corrected chi connectivity index (χ4v) is 7.05. The predicted molar refractivity (Wildman–Crippen MR) is 227 cm³/mol. The summed E-state index contributed by atoms with van der Waals surface area (Å²) in [5, 5.41) is 17.0. The van der Waals surface area contributed by atoms with Crippen molar-refractivity contribution in [3.63, 3.8) is 0 Å². The second-order valence-corrected chi connectivity index (χ2v) is 16.7. The molecule has 0 radical (unpaired) electrons. The number of aryl methyl sites for hydroxylation is 1. The molecule has 4 aromatic rings. The molecule has 0 aliphatic heterocycles. The van der Waals surface area contributed by atoms with E-state index < -0.39 is 33.2 Å². The molecule has 1 aliphatic rings. The molecule has 1 heterocycles. The van der Waals surface area contributed by atoms with E-state index >= 15 is 0 Å². The zero-order chi connectivity index (χ0) is 43.6. The number of rotatable bonds is 28. The Labute approximate surface area is 364 Å². The molecule has 1 atom stereocenters. The third-order valence-electron chi connectivity index (χ3n) is 9.71. The normalized spacial score (nSPS) is 13.3. The summed E-state index contributed by atoms with van der Waals surface area (Å²) in [6.07, 6.45) is 11.2. The molecular weight excluding hydrogens is 858 g/mol. The van der Waals surface area contributed by atoms with Gasteiger partial charge >= 0.3 is 14.4 Å². The van der Waals surface area contributed by atoms with Crippen LogP contribution in [0.15, 0.2) is 79.1 Å². The maximum atomic E-state index is 13.3. The molecule has 0 bridgehead atoms. The van der Waals surface area contributed by atoms with Gasteiger partial charge in [0.2, 0.25) is 0 Å². The van der Waals surface area contributed by atoms with Crippen LogP contribution in [0.3, 0.4) is 0 Å². The topological polar surface area (TPSA) is 169 Å². The average molecular weight is 912 g/mol. The third kappa shape index (κ3) is 17.4. The van der Waals surface area contributed by atoms with E-state index in [0.717, 1.165) is 71.0 Å². The molecular formula is C43H53Cl2F2N3O10P+. The van der Waals surface area contributed by atoms with Crippen LogP contribution in [0, 0.1) is 5.92 Å². The highest BCUT2D eigenvalue weighted by molar-refractivity contribution is 7.46. The molecule has 61 heavy (non-hydrogen) atoms. The molecule has 1 fully saturated rings. The Kier molecular flexibility index (Phi) is 19.5. The van der Waals surface area contributed by atoms with Gasteiger partial charge in [0.15, 0.2) is 37.2 Å². The van der Waals surface area contributed by atoms with Gasteiger partial charge in [-0.2, -0.15) is 13.3 Å². The fraction of sp³-hybridized carbons (Fsp3) is 0.442. The van der Waals surface area contributed by atoms with Crippen molar-refractivity contribution in [2.24, 2.45) is 5.92 Å². The van der Waals surface area contributed by atoms with E-state index in [-0.39, 0.29) is 51.6 Å². The summed E-state index contributed by atoms with van der Waals surface area (Å²) in [6, 6.07) is 19.3. The monoisotopic (exact) mass is 910 g/mol. The zero-order valence-corrected chi connectivity index (χ0v) is 36.1. The van der Waals surface area contributed by atoms with Crippen molar-refractivity contribution in [2.75, 3.05) is 45.0 Å². The smallest absolute Gasteiger partial charge is 0.472 e. The zero-order valence-electron chi connectivity index (χ0n) is 33.7. The minimum atomic E-state index is -4.84. The number of amides is 1. The number of aliphatic hydroxyl groups is 1. The summed E-state index contributed by atoms with van der Waals surface area (Å²) >= 11 is 13.2. The van der Waals surface area contributed by atoms with E-state index in [4.69, 9.17) is 37.4 Å². The number of aromatic nitrogens is 1. The van der Waals surface area contributed by atoms with E-state index in [1.807, 2.05) is 6.07 Å². The van der Waals surface area contributed by atoms with Gasteiger partial charge in [0.05, 0.1) is 24.0 Å². The van der Waals surface area contributed by atoms with Crippen molar-refractivity contribution in [1.29, 1.82) is 0 Å². The minimum absolute atomic E-state index is 0.00564. The molecule has 0 saturated heterocycles. The highest BCUT2D eigenvalue weighted by Crippen LogP contribution is 2.37. The number of halogens is 4. The molecule has 18 heteroatoms. The van der Waals surface area contributed by atoms with Crippen LogP contribution in [0.1, 0.15) is 84.5 Å². The number of pyridine rings is 1. The fourth-order valence-electron chi connectivity index (χ4n) is 6.26. The van der Waals surface area contributed by atoms with Gasteiger partial charge in [0.25, 0.3) is 5.91 Å². The number of anilines is 1. The Balaban J connectivity index is 1.11. The molecule has 1 saturated carbocycles. The van der Waals surface area contributed by atoms with E-state index in [0.29, 0.717) is 30.2 Å². The molecule has 13 nitrogen and oxygen atoms in total. The van der Waals surface area contributed by atoms with Crippen LogP contribution >= 0.6 is 31.0 Å². The van der Waals surface area contributed by atoms with Gasteiger partial charge in [-0.1, -0.05) is 72.4 Å². The SMILES string of the molecule is O=C(Nc1c(Cl)c[n+](Cc2ccc(C(O)CNCCCCCCOCCCCc3ccccc3)cc2OCOP(=O)(O)O)cc1Cl)c1ccc(OC(F)F)c(OCC2CC2)c1. The number of hydrogen-bond acceptors (Lipinski definition) is 9. The van der Waals surface area contributed by atoms with E-state index in [9.17, 15) is 33.0 Å². The van der Waals surface area contributed by atoms with Crippen LogP contribution in [-0.2, 0) is 26.8 Å². The molecule has 3 aromatic carbocycles. The number of phosphoric acid groups is 1. The first kappa shape index (κ1) is 48.1. The minimum Gasteiger partial charge on any atom is -0.489 e. The summed E-state index contributed by atoms with van der Waals surface area (Å²) in [6.45, 7) is -0.948. The van der Waals surface area contributed by atoms with Gasteiger partial charge in [-0.05, 0) is 98.9 Å². The Morgan fingerprint density at radius 1 is 0.869 bits per heavy atom. The Hall–Kier alpha value is -3.89. The first-order valence-corrected chi connectivity index (χ1v) is 22.5. The number of phosphoric ester groups is 1. The molecule has 1 unspecified atom stereocenters. The molecule has 332 valence electrons. The number of benzene rings is 3. The van der Waals surface area contributed by atoms with Crippen molar-refractivity contribution < 1.29 is 61.1 Å². The van der Waals surface area contributed by atoms with Gasteiger partial charge in [0, 0.05) is 25.3 Å². The quantitative estimate of drug-likeness (QED) is 0.0160. The summed E-state index contributed by atoms with van der Waals surface area (Å²) in [4.78, 5) is 31.6. The number of hydrogen-bond donors (Lipinski definition) is 5. The molecule has 5 rings (SSSR count). The first-order valence-electron chi connectivity index (χ1n) is 20.2. The maximum Gasteiger partial charge on any atom is 0.472 e. The summed E-state index contributed by atoms with van der Waals surface area (Å²) in [5.41, 5.74) is 2.55. The van der Waals surface area contributed by atoms with Crippen LogP contribution in [0.2, 0.25) is 10.0 Å². The van der Waals surface area contributed by atoms with E-state index in [2.05, 4.69) is 44.2 Å². The number of carbonyl (C=O) groups is 1. The van der Waals surface area contributed by atoms with Gasteiger partial charge in [0.1, 0.15) is 15.8 Å². The predicted octanol–water partition coefficient (Wildman–Crippen LogP) is 8.64. The van der Waals surface area contributed by atoms with Crippen molar-refractivity contribution >= 4 is 42.6 Å². The lowest BCUT2D eigenvalue weighted by atomic mass is 10.1. The van der Waals surface area contributed by atoms with Crippen molar-refractivity contribution in [2.45, 2.75) is 77.0 Å². The largest absolute Gasteiger partial charge is 0.489 e. The number of nitrogens with one attached hydrogen (secondary N) is 2. The van der Waals surface area contributed by atoms with E-state index in [1.165, 1.54) is 36.2 Å². The van der Waals surface area contributed by atoms with Gasteiger partial charge in [-0.3, -0.25) is 4.79 Å². The summed E-state index contributed by atoms with van der Waals surface area (Å²) < 4.78 is 65.1. The number of carbonyl (C=O) groups excluding carboxylic acids is 1. The lowest BCUT2D eigenvalue weighted by molar-refractivity contribution is -0.688. The van der Waals surface area contributed by atoms with Gasteiger partial charge in [-0.25, -0.2) is 9.09 Å². The molecule has 1 aromatic heterocycles. The van der Waals surface area contributed by atoms with E-state index in [1.54, 1.807) is 22.8 Å². The average Bonchev–Trinajstić information content (AvgIpc) is 4.05. The lowest BCUT2D eigenvalue weighted by Crippen LogP contribution is -2.34. The Morgan fingerprint density at radius 2 is 1.59 bits per heavy atom. The van der Waals surface area contributed by atoms with Crippen molar-refractivity contribution in [3.05, 3.63) is 111 Å². The Morgan fingerprint density at radius 3 is 2.30 bits per heavy atom. The van der Waals surface area contributed by atoms with Crippen molar-refractivity contribution in [3.8, 4) is 17.2 Å². The second-order valence-electron chi connectivity index (χ2n) is 14.7. The number of ether oxygens (including phenoxy) is 4. The molecule has 1 aliphatic carbocycles.